The van der Waals surface area contributed by atoms with Gasteiger partial charge in [0.2, 0.25) is 0 Å². The highest BCUT2D eigenvalue weighted by Crippen LogP contribution is 2.25. The Hall–Kier alpha value is -2.76. The first-order valence-electron chi connectivity index (χ1n) is 7.69. The lowest BCUT2D eigenvalue weighted by atomic mass is 10.0. The molecule has 0 bridgehead atoms. The molecule has 128 valence electrons. The van der Waals surface area contributed by atoms with E-state index in [4.69, 9.17) is 16.3 Å². The topological polar surface area (TPSA) is 74.1 Å². The second kappa shape index (κ2) is 7.88. The first-order chi connectivity index (χ1) is 12.1. The van der Waals surface area contributed by atoms with E-state index in [0.717, 1.165) is 10.8 Å². The van der Waals surface area contributed by atoms with E-state index in [2.05, 4.69) is 10.5 Å². The summed E-state index contributed by atoms with van der Waals surface area (Å²) in [5, 5.41) is 26.4. The summed E-state index contributed by atoms with van der Waals surface area (Å²) >= 11 is 5.80. The van der Waals surface area contributed by atoms with E-state index in [1.165, 1.54) is 6.21 Å². The average molecular weight is 357 g/mol. The van der Waals surface area contributed by atoms with Gasteiger partial charge in [-0.2, -0.15) is 5.10 Å². The molecule has 0 saturated heterocycles. The number of hydrazone groups is 1. The van der Waals surface area contributed by atoms with Gasteiger partial charge in [-0.25, -0.2) is 0 Å². The second-order valence-electron chi connectivity index (χ2n) is 5.39. The number of benzene rings is 3. The molecular weight excluding hydrogens is 340 g/mol. The molecule has 0 saturated carbocycles. The monoisotopic (exact) mass is 356 g/mol. The molecule has 0 spiro atoms. The van der Waals surface area contributed by atoms with Gasteiger partial charge in [0.15, 0.2) is 6.23 Å². The molecule has 25 heavy (non-hydrogen) atoms. The molecule has 6 heteroatoms. The van der Waals surface area contributed by atoms with Gasteiger partial charge in [0.1, 0.15) is 18.1 Å². The van der Waals surface area contributed by atoms with Gasteiger partial charge >= 0.3 is 0 Å². The Balaban J connectivity index is 1.61. The smallest absolute Gasteiger partial charge is 0.173 e. The summed E-state index contributed by atoms with van der Waals surface area (Å²) in [6, 6.07) is 18.0. The van der Waals surface area contributed by atoms with E-state index in [-0.39, 0.29) is 12.4 Å². The fraction of sp³-hybridized carbons (Fsp3) is 0.105. The summed E-state index contributed by atoms with van der Waals surface area (Å²) < 4.78 is 5.43. The number of nitrogens with zero attached hydrogens (tertiary/aromatic N) is 1. The number of fused-ring (bicyclic) bond motifs is 1. The molecule has 3 aromatic carbocycles. The van der Waals surface area contributed by atoms with Crippen molar-refractivity contribution in [2.75, 3.05) is 6.61 Å². The predicted octanol–water partition coefficient (Wildman–Crippen LogP) is 3.52. The first-order valence-corrected chi connectivity index (χ1v) is 8.07. The van der Waals surface area contributed by atoms with Crippen LogP contribution in [0.3, 0.4) is 0 Å². The van der Waals surface area contributed by atoms with Gasteiger partial charge in [0.05, 0.1) is 6.21 Å². The van der Waals surface area contributed by atoms with Crippen molar-refractivity contribution in [2.24, 2.45) is 5.10 Å². The van der Waals surface area contributed by atoms with Crippen molar-refractivity contribution in [3.63, 3.8) is 0 Å². The van der Waals surface area contributed by atoms with E-state index in [0.29, 0.717) is 16.3 Å². The van der Waals surface area contributed by atoms with Crippen LogP contribution in [0.5, 0.6) is 11.5 Å². The van der Waals surface area contributed by atoms with Crippen LogP contribution in [0, 0.1) is 0 Å². The van der Waals surface area contributed by atoms with Gasteiger partial charge < -0.3 is 14.9 Å². The Morgan fingerprint density at radius 3 is 2.64 bits per heavy atom. The zero-order valence-electron chi connectivity index (χ0n) is 13.3. The number of phenols is 1. The van der Waals surface area contributed by atoms with Crippen molar-refractivity contribution in [1.29, 1.82) is 0 Å². The van der Waals surface area contributed by atoms with Crippen LogP contribution in [-0.2, 0) is 0 Å². The molecule has 1 unspecified atom stereocenters. The van der Waals surface area contributed by atoms with Crippen molar-refractivity contribution < 1.29 is 14.9 Å². The van der Waals surface area contributed by atoms with Crippen LogP contribution in [0.25, 0.3) is 10.8 Å². The Kier molecular flexibility index (Phi) is 5.38. The molecule has 0 heterocycles. The molecular formula is C19H17ClN2O3. The maximum absolute atomic E-state index is 10.0. The third-order valence-corrected chi connectivity index (χ3v) is 3.84. The van der Waals surface area contributed by atoms with Crippen molar-refractivity contribution in [2.45, 2.75) is 6.23 Å². The minimum absolute atomic E-state index is 0.0144. The summed E-state index contributed by atoms with van der Waals surface area (Å²) in [5.41, 5.74) is 3.15. The SMILES string of the molecule is Oc1ccc2ccccc2c1/C=N\NC(O)COc1ccc(Cl)cc1. The number of hydrogen-bond donors (Lipinski definition) is 3. The fourth-order valence-electron chi connectivity index (χ4n) is 2.35. The van der Waals surface area contributed by atoms with Gasteiger partial charge in [0.25, 0.3) is 0 Å². The normalized spacial score (nSPS) is 12.4. The minimum Gasteiger partial charge on any atom is -0.507 e. The third kappa shape index (κ3) is 4.41. The van der Waals surface area contributed by atoms with Crippen LogP contribution in [0.15, 0.2) is 65.8 Å². The van der Waals surface area contributed by atoms with E-state index in [1.54, 1.807) is 30.3 Å². The van der Waals surface area contributed by atoms with Crippen LogP contribution < -0.4 is 10.2 Å². The van der Waals surface area contributed by atoms with Crippen molar-refractivity contribution in [1.82, 2.24) is 5.43 Å². The van der Waals surface area contributed by atoms with Crippen LogP contribution in [0.2, 0.25) is 5.02 Å². The third-order valence-electron chi connectivity index (χ3n) is 3.59. The lowest BCUT2D eigenvalue weighted by Crippen LogP contribution is -2.30. The Morgan fingerprint density at radius 1 is 1.08 bits per heavy atom. The molecule has 0 fully saturated rings. The van der Waals surface area contributed by atoms with Crippen molar-refractivity contribution in [3.05, 3.63) is 71.2 Å². The zero-order chi connectivity index (χ0) is 17.6. The Morgan fingerprint density at radius 2 is 1.84 bits per heavy atom. The van der Waals surface area contributed by atoms with Crippen molar-refractivity contribution >= 4 is 28.6 Å². The molecule has 0 aliphatic carbocycles. The van der Waals surface area contributed by atoms with Crippen LogP contribution in [0.4, 0.5) is 0 Å². The van der Waals surface area contributed by atoms with E-state index >= 15 is 0 Å². The molecule has 3 rings (SSSR count). The van der Waals surface area contributed by atoms with Crippen LogP contribution in [0.1, 0.15) is 5.56 Å². The molecule has 0 aliphatic rings. The maximum Gasteiger partial charge on any atom is 0.173 e. The number of aromatic hydroxyl groups is 1. The molecule has 1 atom stereocenters. The number of ether oxygens (including phenoxy) is 1. The Bertz CT molecular complexity index is 881. The molecule has 0 radical (unpaired) electrons. The number of aliphatic hydroxyl groups excluding tert-OH is 1. The van der Waals surface area contributed by atoms with E-state index < -0.39 is 6.23 Å². The summed E-state index contributed by atoms with van der Waals surface area (Å²) in [5.74, 6) is 0.720. The van der Waals surface area contributed by atoms with Gasteiger partial charge in [-0.3, -0.25) is 5.43 Å². The molecule has 5 nitrogen and oxygen atoms in total. The standard InChI is InChI=1S/C19H17ClN2O3/c20-14-6-8-15(9-7-14)25-12-19(24)22-21-11-17-16-4-2-1-3-13(16)5-10-18(17)23/h1-11,19,22-24H,12H2/b21-11-. The minimum atomic E-state index is -0.996. The zero-order valence-corrected chi connectivity index (χ0v) is 14.0. The second-order valence-corrected chi connectivity index (χ2v) is 5.82. The highest BCUT2D eigenvalue weighted by molar-refractivity contribution is 6.30. The Labute approximate surface area is 150 Å². The number of aliphatic hydroxyl groups is 1. The predicted molar refractivity (Wildman–Crippen MR) is 99.3 cm³/mol. The number of rotatable bonds is 6. The van der Waals surface area contributed by atoms with Gasteiger partial charge in [-0.15, -0.1) is 0 Å². The summed E-state index contributed by atoms with van der Waals surface area (Å²) in [6.07, 6.45) is 0.479. The number of halogens is 1. The summed E-state index contributed by atoms with van der Waals surface area (Å²) in [7, 11) is 0. The maximum atomic E-state index is 10.0. The average Bonchev–Trinajstić information content (AvgIpc) is 2.63. The molecule has 3 N–H and O–H groups in total. The molecule has 0 aromatic heterocycles. The summed E-state index contributed by atoms with van der Waals surface area (Å²) in [4.78, 5) is 0. The van der Waals surface area contributed by atoms with Gasteiger partial charge in [-0.1, -0.05) is 41.9 Å². The molecule has 0 amide bonds. The molecule has 3 aromatic rings. The van der Waals surface area contributed by atoms with E-state index in [9.17, 15) is 10.2 Å². The van der Waals surface area contributed by atoms with Crippen LogP contribution >= 0.6 is 11.6 Å². The number of hydrogen-bond acceptors (Lipinski definition) is 5. The lowest BCUT2D eigenvalue weighted by Gasteiger charge is -2.12. The molecule has 0 aliphatic heterocycles. The van der Waals surface area contributed by atoms with E-state index in [1.807, 2.05) is 30.3 Å². The fourth-order valence-corrected chi connectivity index (χ4v) is 2.48. The highest BCUT2D eigenvalue weighted by atomic mass is 35.5. The van der Waals surface area contributed by atoms with Crippen LogP contribution in [-0.4, -0.2) is 29.3 Å². The van der Waals surface area contributed by atoms with Gasteiger partial charge in [-0.05, 0) is 41.1 Å². The van der Waals surface area contributed by atoms with Crippen molar-refractivity contribution in [3.8, 4) is 11.5 Å². The highest BCUT2D eigenvalue weighted by Gasteiger charge is 2.06. The number of phenolic OH excluding ortho intramolecular Hbond substituents is 1. The first kappa shape index (κ1) is 17.1. The lowest BCUT2D eigenvalue weighted by molar-refractivity contribution is 0.0803. The number of nitrogens with one attached hydrogen (secondary N) is 1. The van der Waals surface area contributed by atoms with Gasteiger partial charge in [0, 0.05) is 10.6 Å². The summed E-state index contributed by atoms with van der Waals surface area (Å²) in [6.45, 7) is 0.0144. The quantitative estimate of drug-likeness (QED) is 0.359. The largest absolute Gasteiger partial charge is 0.507 e.